The lowest BCUT2D eigenvalue weighted by molar-refractivity contribution is -0.144. The molecule has 0 atom stereocenters. The molecule has 2 aromatic rings. The van der Waals surface area contributed by atoms with Crippen molar-refractivity contribution in [2.75, 3.05) is 14.2 Å². The maximum atomic E-state index is 12.8. The Hall–Kier alpha value is -2.54. The van der Waals surface area contributed by atoms with Crippen molar-refractivity contribution in [3.63, 3.8) is 0 Å². The molecule has 5 nitrogen and oxygen atoms in total. The molecule has 0 aliphatic rings. The van der Waals surface area contributed by atoms with Crippen LogP contribution >= 0.6 is 11.6 Å². The smallest absolute Gasteiger partial charge is 0.387 e. The Labute approximate surface area is 167 Å². The number of ether oxygens (including phenoxy) is 3. The highest BCUT2D eigenvalue weighted by Crippen LogP contribution is 2.30. The van der Waals surface area contributed by atoms with E-state index in [1.165, 1.54) is 18.1 Å². The molecule has 0 aliphatic carbocycles. The predicted molar refractivity (Wildman–Crippen MR) is 102 cm³/mol. The van der Waals surface area contributed by atoms with Crippen LogP contribution in [0.1, 0.15) is 19.4 Å². The quantitative estimate of drug-likeness (QED) is 0.625. The number of carbonyl (C=O) groups is 1. The number of carbonyl (C=O) groups excluding carboxylic acids is 1. The standard InChI is InChI=1S/C20H22ClF2NO4/c1-20(2,28-15-8-6-14(21)7-9-15)18(25)24(3)12-13-5-10-16(27-19(22)23)17(11-13)26-4/h5-11,19H,12H2,1-4H3. The number of hydrogen-bond donors (Lipinski definition) is 0. The van der Waals surface area contributed by atoms with Crippen LogP contribution in [0.5, 0.6) is 17.2 Å². The van der Waals surface area contributed by atoms with E-state index in [1.807, 2.05) is 0 Å². The lowest BCUT2D eigenvalue weighted by Crippen LogP contribution is -2.47. The fraction of sp³-hybridized carbons (Fsp3) is 0.350. The van der Waals surface area contributed by atoms with Crippen molar-refractivity contribution in [3.8, 4) is 17.2 Å². The molecule has 0 fully saturated rings. The van der Waals surface area contributed by atoms with Crippen LogP contribution in [0.15, 0.2) is 42.5 Å². The number of halogens is 3. The molecule has 152 valence electrons. The van der Waals surface area contributed by atoms with E-state index < -0.39 is 12.2 Å². The summed E-state index contributed by atoms with van der Waals surface area (Å²) in [7, 11) is 2.99. The lowest BCUT2D eigenvalue weighted by Gasteiger charge is -2.30. The maximum absolute atomic E-state index is 12.8. The van der Waals surface area contributed by atoms with Gasteiger partial charge in [-0.1, -0.05) is 17.7 Å². The van der Waals surface area contributed by atoms with Gasteiger partial charge in [0.2, 0.25) is 0 Å². The van der Waals surface area contributed by atoms with Gasteiger partial charge in [-0.25, -0.2) is 0 Å². The summed E-state index contributed by atoms with van der Waals surface area (Å²) in [4.78, 5) is 14.3. The number of hydrogen-bond acceptors (Lipinski definition) is 4. The number of nitrogens with zero attached hydrogens (tertiary/aromatic N) is 1. The monoisotopic (exact) mass is 413 g/mol. The molecule has 0 bridgehead atoms. The number of methoxy groups -OCH3 is 1. The highest BCUT2D eigenvalue weighted by atomic mass is 35.5. The van der Waals surface area contributed by atoms with Gasteiger partial charge < -0.3 is 19.1 Å². The molecule has 0 aromatic heterocycles. The first kappa shape index (κ1) is 21.8. The third-order valence-electron chi connectivity index (χ3n) is 3.91. The number of amides is 1. The average Bonchev–Trinajstić information content (AvgIpc) is 2.63. The van der Waals surface area contributed by atoms with Gasteiger partial charge in [-0.2, -0.15) is 8.78 Å². The van der Waals surface area contributed by atoms with Gasteiger partial charge in [-0.3, -0.25) is 4.79 Å². The van der Waals surface area contributed by atoms with Crippen molar-refractivity contribution in [2.24, 2.45) is 0 Å². The van der Waals surface area contributed by atoms with Gasteiger partial charge in [-0.15, -0.1) is 0 Å². The first-order valence-electron chi connectivity index (χ1n) is 8.44. The van der Waals surface area contributed by atoms with E-state index in [0.29, 0.717) is 16.3 Å². The lowest BCUT2D eigenvalue weighted by atomic mass is 10.1. The second kappa shape index (κ2) is 9.10. The van der Waals surface area contributed by atoms with E-state index in [9.17, 15) is 13.6 Å². The summed E-state index contributed by atoms with van der Waals surface area (Å²) in [6.07, 6.45) is 0. The van der Waals surface area contributed by atoms with Crippen molar-refractivity contribution in [2.45, 2.75) is 32.6 Å². The Kier molecular flexibility index (Phi) is 7.07. The van der Waals surface area contributed by atoms with E-state index in [-0.39, 0.29) is 24.0 Å². The zero-order valence-electron chi connectivity index (χ0n) is 16.0. The van der Waals surface area contributed by atoms with Crippen LogP contribution in [-0.2, 0) is 11.3 Å². The molecule has 0 N–H and O–H groups in total. The molecule has 1 amide bonds. The summed E-state index contributed by atoms with van der Waals surface area (Å²) in [5, 5.41) is 0.571. The van der Waals surface area contributed by atoms with Gasteiger partial charge in [-0.05, 0) is 55.8 Å². The summed E-state index contributed by atoms with van der Waals surface area (Å²) < 4.78 is 40.2. The van der Waals surface area contributed by atoms with Gasteiger partial charge in [0, 0.05) is 18.6 Å². The molecular formula is C20H22ClF2NO4. The minimum atomic E-state index is -2.95. The molecule has 0 spiro atoms. The van der Waals surface area contributed by atoms with E-state index >= 15 is 0 Å². The Morgan fingerprint density at radius 1 is 1.14 bits per heavy atom. The zero-order chi connectivity index (χ0) is 20.9. The van der Waals surface area contributed by atoms with Crippen LogP contribution in [-0.4, -0.2) is 37.2 Å². The number of rotatable bonds is 8. The van der Waals surface area contributed by atoms with Crippen molar-refractivity contribution >= 4 is 17.5 Å². The van der Waals surface area contributed by atoms with Gasteiger partial charge >= 0.3 is 6.61 Å². The first-order valence-corrected chi connectivity index (χ1v) is 8.82. The highest BCUT2D eigenvalue weighted by Gasteiger charge is 2.33. The molecule has 28 heavy (non-hydrogen) atoms. The van der Waals surface area contributed by atoms with Crippen molar-refractivity contribution in [1.29, 1.82) is 0 Å². The van der Waals surface area contributed by atoms with E-state index in [1.54, 1.807) is 57.3 Å². The SMILES string of the molecule is COc1cc(CN(C)C(=O)C(C)(C)Oc2ccc(Cl)cc2)ccc1OC(F)F. The molecule has 0 radical (unpaired) electrons. The molecule has 2 rings (SSSR count). The van der Waals surface area contributed by atoms with Crippen LogP contribution in [0.2, 0.25) is 5.02 Å². The van der Waals surface area contributed by atoms with Crippen LogP contribution in [0.4, 0.5) is 8.78 Å². The third kappa shape index (κ3) is 5.73. The van der Waals surface area contributed by atoms with Crippen molar-refractivity contribution in [1.82, 2.24) is 4.90 Å². The van der Waals surface area contributed by atoms with Crippen LogP contribution in [0, 0.1) is 0 Å². The second-order valence-corrected chi connectivity index (χ2v) is 7.03. The topological polar surface area (TPSA) is 48.0 Å². The van der Waals surface area contributed by atoms with Crippen LogP contribution in [0.3, 0.4) is 0 Å². The second-order valence-electron chi connectivity index (χ2n) is 6.59. The number of likely N-dealkylation sites (N-methyl/N-ethyl adjacent to an activating group) is 1. The van der Waals surface area contributed by atoms with Crippen LogP contribution < -0.4 is 14.2 Å². The van der Waals surface area contributed by atoms with Gasteiger partial charge in [0.05, 0.1) is 7.11 Å². The summed E-state index contributed by atoms with van der Waals surface area (Å²) >= 11 is 5.86. The fourth-order valence-corrected chi connectivity index (χ4v) is 2.78. The molecule has 0 unspecified atom stereocenters. The predicted octanol–water partition coefficient (Wildman–Crippen LogP) is 4.77. The highest BCUT2D eigenvalue weighted by molar-refractivity contribution is 6.30. The summed E-state index contributed by atoms with van der Waals surface area (Å²) in [5.74, 6) is 0.359. The average molecular weight is 414 g/mol. The first-order chi connectivity index (χ1) is 13.1. The van der Waals surface area contributed by atoms with Crippen molar-refractivity contribution in [3.05, 3.63) is 53.1 Å². The Morgan fingerprint density at radius 2 is 1.79 bits per heavy atom. The van der Waals surface area contributed by atoms with Gasteiger partial charge in [0.25, 0.3) is 5.91 Å². The van der Waals surface area contributed by atoms with Gasteiger partial charge in [0.15, 0.2) is 17.1 Å². The molecular weight excluding hydrogens is 392 g/mol. The third-order valence-corrected chi connectivity index (χ3v) is 4.16. The Balaban J connectivity index is 2.09. The molecule has 0 heterocycles. The minimum absolute atomic E-state index is 0.0679. The minimum Gasteiger partial charge on any atom is -0.493 e. The molecule has 0 saturated heterocycles. The normalized spacial score (nSPS) is 11.3. The van der Waals surface area contributed by atoms with E-state index in [2.05, 4.69) is 4.74 Å². The van der Waals surface area contributed by atoms with Gasteiger partial charge in [0.1, 0.15) is 5.75 Å². The van der Waals surface area contributed by atoms with E-state index in [0.717, 1.165) is 0 Å². The molecule has 8 heteroatoms. The maximum Gasteiger partial charge on any atom is 0.387 e. The Bertz CT molecular complexity index is 812. The largest absolute Gasteiger partial charge is 0.493 e. The zero-order valence-corrected chi connectivity index (χ0v) is 16.8. The van der Waals surface area contributed by atoms with Crippen LogP contribution in [0.25, 0.3) is 0 Å². The number of benzene rings is 2. The van der Waals surface area contributed by atoms with Crippen molar-refractivity contribution < 1.29 is 27.8 Å². The molecule has 0 aliphatic heterocycles. The molecule has 0 saturated carbocycles. The summed E-state index contributed by atoms with van der Waals surface area (Å²) in [6, 6.07) is 11.3. The summed E-state index contributed by atoms with van der Waals surface area (Å²) in [6.45, 7) is 0.619. The summed E-state index contributed by atoms with van der Waals surface area (Å²) in [5.41, 5.74) is -0.428. The fourth-order valence-electron chi connectivity index (χ4n) is 2.65. The number of alkyl halides is 2. The van der Waals surface area contributed by atoms with E-state index in [4.69, 9.17) is 21.1 Å². The molecule has 2 aromatic carbocycles. The Morgan fingerprint density at radius 3 is 2.36 bits per heavy atom.